The van der Waals surface area contributed by atoms with Crippen LogP contribution in [0.15, 0.2) is 65.8 Å². The second kappa shape index (κ2) is 12.7. The van der Waals surface area contributed by atoms with Crippen molar-refractivity contribution in [2.45, 2.75) is 12.7 Å². The number of anilines is 1. The van der Waals surface area contributed by atoms with Crippen molar-refractivity contribution < 1.29 is 46.5 Å². The normalized spacial score (nSPS) is 12.1. The van der Waals surface area contributed by atoms with E-state index in [4.69, 9.17) is 18.9 Å². The van der Waals surface area contributed by atoms with E-state index in [2.05, 4.69) is 21.2 Å². The van der Waals surface area contributed by atoms with Crippen molar-refractivity contribution in [1.82, 2.24) is 10.7 Å². The number of rotatable bonds is 9. The highest BCUT2D eigenvalue weighted by Crippen LogP contribution is 2.35. The van der Waals surface area contributed by atoms with Gasteiger partial charge in [0.2, 0.25) is 6.79 Å². The molecular formula is C27H23F3N4O7. The molecule has 1 heterocycles. The molecule has 0 aliphatic carbocycles. The van der Waals surface area contributed by atoms with Crippen molar-refractivity contribution in [3.63, 3.8) is 0 Å². The molecule has 41 heavy (non-hydrogen) atoms. The fourth-order valence-corrected chi connectivity index (χ4v) is 3.58. The molecule has 214 valence electrons. The van der Waals surface area contributed by atoms with E-state index in [1.807, 2.05) is 0 Å². The topological polar surface area (TPSA) is 137 Å². The summed E-state index contributed by atoms with van der Waals surface area (Å²) < 4.78 is 60.5. The lowest BCUT2D eigenvalue weighted by atomic mass is 10.1. The van der Waals surface area contributed by atoms with E-state index < -0.39 is 41.8 Å². The van der Waals surface area contributed by atoms with E-state index in [1.165, 1.54) is 43.7 Å². The van der Waals surface area contributed by atoms with Crippen molar-refractivity contribution in [2.75, 3.05) is 25.8 Å². The number of methoxy groups -OCH3 is 1. The average molecular weight is 572 g/mol. The minimum Gasteiger partial charge on any atom is -0.493 e. The number of amides is 3. The first-order valence-corrected chi connectivity index (χ1v) is 11.9. The lowest BCUT2D eigenvalue weighted by Crippen LogP contribution is -2.37. The summed E-state index contributed by atoms with van der Waals surface area (Å²) in [6.07, 6.45) is -3.39. The number of halogens is 3. The molecule has 3 N–H and O–H groups in total. The average Bonchev–Trinajstić information content (AvgIpc) is 3.42. The SMILES string of the molecule is COc1cc(/C=N\NC(=O)C(=O)NCc2ccc3c(c2)OCO3)ccc1OCC(=O)Nc1ccccc1C(F)(F)F. The maximum Gasteiger partial charge on any atom is 0.418 e. The van der Waals surface area contributed by atoms with Gasteiger partial charge in [0.1, 0.15) is 0 Å². The summed E-state index contributed by atoms with van der Waals surface area (Å²) >= 11 is 0. The number of carbonyl (C=O) groups is 3. The Kier molecular flexibility index (Phi) is 8.92. The second-order valence-corrected chi connectivity index (χ2v) is 8.36. The van der Waals surface area contributed by atoms with E-state index in [9.17, 15) is 27.6 Å². The molecule has 0 spiro atoms. The number of hydrogen-bond acceptors (Lipinski definition) is 8. The summed E-state index contributed by atoms with van der Waals surface area (Å²) in [6.45, 7) is -0.389. The fraction of sp³-hybridized carbons (Fsp3) is 0.185. The Morgan fingerprint density at radius 1 is 0.976 bits per heavy atom. The molecule has 4 rings (SSSR count). The number of nitrogens with one attached hydrogen (secondary N) is 3. The Hall–Kier alpha value is -5.27. The van der Waals surface area contributed by atoms with Crippen LogP contribution in [0.1, 0.15) is 16.7 Å². The van der Waals surface area contributed by atoms with Crippen LogP contribution in [0.25, 0.3) is 0 Å². The van der Waals surface area contributed by atoms with Gasteiger partial charge in [-0.1, -0.05) is 18.2 Å². The van der Waals surface area contributed by atoms with Crippen LogP contribution >= 0.6 is 0 Å². The molecule has 0 fully saturated rings. The van der Waals surface area contributed by atoms with E-state index in [0.29, 0.717) is 22.6 Å². The number of benzene rings is 3. The van der Waals surface area contributed by atoms with Crippen LogP contribution in [0.3, 0.4) is 0 Å². The maximum absolute atomic E-state index is 13.1. The first kappa shape index (κ1) is 28.7. The minimum absolute atomic E-state index is 0.0815. The molecule has 0 radical (unpaired) electrons. The number of nitrogens with zero attached hydrogens (tertiary/aromatic N) is 1. The Morgan fingerprint density at radius 3 is 2.54 bits per heavy atom. The smallest absolute Gasteiger partial charge is 0.418 e. The Labute approximate surface area is 231 Å². The molecule has 14 heteroatoms. The molecule has 3 aromatic rings. The van der Waals surface area contributed by atoms with Crippen molar-refractivity contribution in [2.24, 2.45) is 5.10 Å². The Bertz CT molecular complexity index is 1480. The number of hydrogen-bond donors (Lipinski definition) is 3. The summed E-state index contributed by atoms with van der Waals surface area (Å²) in [6, 6.07) is 14.1. The molecule has 1 aliphatic heterocycles. The molecule has 1 aliphatic rings. The van der Waals surface area contributed by atoms with Gasteiger partial charge in [0.15, 0.2) is 29.6 Å². The first-order chi connectivity index (χ1) is 19.6. The molecule has 0 bridgehead atoms. The molecule has 3 amide bonds. The van der Waals surface area contributed by atoms with Gasteiger partial charge in [-0.2, -0.15) is 18.3 Å². The van der Waals surface area contributed by atoms with Crippen LogP contribution in [0.4, 0.5) is 18.9 Å². The third kappa shape index (κ3) is 7.65. The second-order valence-electron chi connectivity index (χ2n) is 8.36. The maximum atomic E-state index is 13.1. The molecule has 0 unspecified atom stereocenters. The van der Waals surface area contributed by atoms with Crippen LogP contribution in [-0.4, -0.2) is 44.4 Å². The van der Waals surface area contributed by atoms with Gasteiger partial charge < -0.3 is 29.6 Å². The summed E-state index contributed by atoms with van der Waals surface area (Å²) in [5.74, 6) is -1.24. The highest BCUT2D eigenvalue weighted by Gasteiger charge is 2.33. The molecule has 0 saturated heterocycles. The molecule has 0 aromatic heterocycles. The number of para-hydroxylation sites is 1. The highest BCUT2D eigenvalue weighted by molar-refractivity contribution is 6.35. The van der Waals surface area contributed by atoms with Gasteiger partial charge in [-0.3, -0.25) is 14.4 Å². The number of ether oxygens (including phenoxy) is 4. The molecule has 0 saturated carbocycles. The van der Waals surface area contributed by atoms with E-state index in [-0.39, 0.29) is 24.8 Å². The van der Waals surface area contributed by atoms with E-state index in [1.54, 1.807) is 18.2 Å². The third-order valence-corrected chi connectivity index (χ3v) is 5.53. The largest absolute Gasteiger partial charge is 0.493 e. The zero-order valence-electron chi connectivity index (χ0n) is 21.4. The first-order valence-electron chi connectivity index (χ1n) is 11.9. The molecular weight excluding hydrogens is 549 g/mol. The van der Waals surface area contributed by atoms with E-state index in [0.717, 1.165) is 12.1 Å². The highest BCUT2D eigenvalue weighted by atomic mass is 19.4. The fourth-order valence-electron chi connectivity index (χ4n) is 3.58. The van der Waals surface area contributed by atoms with Gasteiger partial charge in [-0.05, 0) is 53.6 Å². The summed E-state index contributed by atoms with van der Waals surface area (Å²) in [5.41, 5.74) is 1.88. The summed E-state index contributed by atoms with van der Waals surface area (Å²) in [5, 5.41) is 8.39. The monoisotopic (exact) mass is 572 g/mol. The molecule has 3 aromatic carbocycles. The number of fused-ring (bicyclic) bond motifs is 1. The van der Waals surface area contributed by atoms with E-state index >= 15 is 0 Å². The summed E-state index contributed by atoms with van der Waals surface area (Å²) in [4.78, 5) is 36.3. The predicted octanol–water partition coefficient (Wildman–Crippen LogP) is 3.23. The quantitative estimate of drug-likeness (QED) is 0.204. The van der Waals surface area contributed by atoms with Crippen molar-refractivity contribution in [3.8, 4) is 23.0 Å². The van der Waals surface area contributed by atoms with Gasteiger partial charge >= 0.3 is 18.0 Å². The van der Waals surface area contributed by atoms with Gasteiger partial charge in [-0.15, -0.1) is 0 Å². The zero-order chi connectivity index (χ0) is 29.4. The van der Waals surface area contributed by atoms with Gasteiger partial charge in [0.05, 0.1) is 24.6 Å². The zero-order valence-corrected chi connectivity index (χ0v) is 21.4. The Balaban J connectivity index is 1.26. The van der Waals surface area contributed by atoms with Crippen LogP contribution in [0.5, 0.6) is 23.0 Å². The van der Waals surface area contributed by atoms with Crippen LogP contribution < -0.4 is 35.0 Å². The number of hydrazone groups is 1. The summed E-state index contributed by atoms with van der Waals surface area (Å²) in [7, 11) is 1.34. The third-order valence-electron chi connectivity index (χ3n) is 5.53. The van der Waals surface area contributed by atoms with Crippen molar-refractivity contribution in [1.29, 1.82) is 0 Å². The van der Waals surface area contributed by atoms with Gasteiger partial charge in [-0.25, -0.2) is 5.43 Å². The standard InChI is InChI=1S/C27H23F3N4O7/c1-38-22-10-17(7-8-20(22)39-14-24(35)33-19-5-3-2-4-18(19)27(28,29)30)13-32-34-26(37)25(36)31-12-16-6-9-21-23(11-16)41-15-40-21/h2-11,13H,12,14-15H2,1H3,(H,31,36)(H,33,35)(H,34,37)/b32-13-. The Morgan fingerprint density at radius 2 is 1.76 bits per heavy atom. The molecule has 0 atom stereocenters. The van der Waals surface area contributed by atoms with Crippen LogP contribution in [-0.2, 0) is 27.1 Å². The van der Waals surface area contributed by atoms with Crippen LogP contribution in [0, 0.1) is 0 Å². The lowest BCUT2D eigenvalue weighted by Gasteiger charge is -2.14. The van der Waals surface area contributed by atoms with Crippen molar-refractivity contribution >= 4 is 29.6 Å². The lowest BCUT2D eigenvalue weighted by molar-refractivity contribution is -0.139. The minimum atomic E-state index is -4.64. The number of alkyl halides is 3. The molecule has 11 nitrogen and oxygen atoms in total. The predicted molar refractivity (Wildman–Crippen MR) is 139 cm³/mol. The van der Waals surface area contributed by atoms with Gasteiger partial charge in [0.25, 0.3) is 5.91 Å². The van der Waals surface area contributed by atoms with Gasteiger partial charge in [0, 0.05) is 6.54 Å². The number of carbonyl (C=O) groups excluding carboxylic acids is 3. The van der Waals surface area contributed by atoms with Crippen LogP contribution in [0.2, 0.25) is 0 Å². The van der Waals surface area contributed by atoms with Crippen molar-refractivity contribution in [3.05, 3.63) is 77.4 Å².